The quantitative estimate of drug-likeness (QED) is 0.328. The zero-order chi connectivity index (χ0) is 19.3. The second-order valence-corrected chi connectivity index (χ2v) is 7.78. The Hall–Kier alpha value is -2.49. The van der Waals surface area contributed by atoms with Gasteiger partial charge in [0.25, 0.3) is 0 Å². The molecule has 0 heterocycles. The fourth-order valence-electron chi connectivity index (χ4n) is 3.17. The largest absolute Gasteiger partial charge is 0.489 e. The van der Waals surface area contributed by atoms with Gasteiger partial charge in [0, 0.05) is 22.3 Å². The first kappa shape index (κ1) is 18.9. The predicted octanol–water partition coefficient (Wildman–Crippen LogP) is 7.45. The van der Waals surface area contributed by atoms with Crippen molar-refractivity contribution < 1.29 is 4.74 Å². The highest BCUT2D eigenvalue weighted by Crippen LogP contribution is 2.31. The van der Waals surface area contributed by atoms with Gasteiger partial charge in [0.2, 0.25) is 0 Å². The number of fused-ring (bicyclic) bond motifs is 1. The Bertz CT molecular complexity index is 1100. The summed E-state index contributed by atoms with van der Waals surface area (Å²) in [5, 5.41) is 6.54. The summed E-state index contributed by atoms with van der Waals surface area (Å²) in [7, 11) is 0. The van der Waals surface area contributed by atoms with Gasteiger partial charge in [0.1, 0.15) is 12.4 Å². The molecular formula is C24H19BrClNO. The van der Waals surface area contributed by atoms with Crippen LogP contribution in [0.4, 0.5) is 5.69 Å². The van der Waals surface area contributed by atoms with Gasteiger partial charge in [-0.15, -0.1) is 0 Å². The molecule has 0 spiro atoms. The summed E-state index contributed by atoms with van der Waals surface area (Å²) < 4.78 is 7.07. The Morgan fingerprint density at radius 2 is 1.64 bits per heavy atom. The molecule has 0 atom stereocenters. The summed E-state index contributed by atoms with van der Waals surface area (Å²) in [4.78, 5) is 0. The number of hydrogen-bond donors (Lipinski definition) is 1. The van der Waals surface area contributed by atoms with E-state index in [1.165, 1.54) is 10.8 Å². The van der Waals surface area contributed by atoms with Gasteiger partial charge in [-0.2, -0.15) is 0 Å². The molecule has 0 unspecified atom stereocenters. The predicted molar refractivity (Wildman–Crippen MR) is 121 cm³/mol. The van der Waals surface area contributed by atoms with E-state index in [4.69, 9.17) is 16.3 Å². The molecule has 140 valence electrons. The van der Waals surface area contributed by atoms with Crippen LogP contribution in [0.3, 0.4) is 0 Å². The minimum absolute atomic E-state index is 0.538. The van der Waals surface area contributed by atoms with Gasteiger partial charge in [-0.05, 0) is 56.5 Å². The van der Waals surface area contributed by atoms with Crippen molar-refractivity contribution in [2.75, 3.05) is 5.32 Å². The maximum atomic E-state index is 6.23. The molecule has 0 aliphatic heterocycles. The zero-order valence-electron chi connectivity index (χ0n) is 15.2. The fourth-order valence-corrected chi connectivity index (χ4v) is 3.59. The molecular weight excluding hydrogens is 434 g/mol. The number of benzene rings is 4. The summed E-state index contributed by atoms with van der Waals surface area (Å²) in [6, 6.07) is 28.6. The first-order valence-electron chi connectivity index (χ1n) is 9.07. The molecule has 0 bridgehead atoms. The van der Waals surface area contributed by atoms with Crippen LogP contribution in [-0.4, -0.2) is 0 Å². The van der Waals surface area contributed by atoms with Gasteiger partial charge >= 0.3 is 0 Å². The molecule has 2 nitrogen and oxygen atoms in total. The molecule has 0 aliphatic carbocycles. The van der Waals surface area contributed by atoms with E-state index in [9.17, 15) is 0 Å². The molecule has 4 heteroatoms. The molecule has 4 aromatic carbocycles. The second kappa shape index (κ2) is 8.68. The number of nitrogens with one attached hydrogen (secondary N) is 1. The molecule has 0 radical (unpaired) electrons. The van der Waals surface area contributed by atoms with Crippen molar-refractivity contribution in [1.29, 1.82) is 0 Å². The monoisotopic (exact) mass is 451 g/mol. The van der Waals surface area contributed by atoms with Crippen LogP contribution >= 0.6 is 27.5 Å². The molecule has 0 saturated carbocycles. The van der Waals surface area contributed by atoms with E-state index in [0.717, 1.165) is 27.0 Å². The van der Waals surface area contributed by atoms with Gasteiger partial charge in [-0.1, -0.05) is 72.3 Å². The van der Waals surface area contributed by atoms with Gasteiger partial charge < -0.3 is 10.1 Å². The van der Waals surface area contributed by atoms with Crippen LogP contribution in [0.2, 0.25) is 5.02 Å². The molecule has 28 heavy (non-hydrogen) atoms. The van der Waals surface area contributed by atoms with E-state index in [-0.39, 0.29) is 0 Å². The van der Waals surface area contributed by atoms with E-state index < -0.39 is 0 Å². The molecule has 1 N–H and O–H groups in total. The fraction of sp³-hybridized carbons (Fsp3) is 0.0833. The third-order valence-corrected chi connectivity index (χ3v) is 5.86. The van der Waals surface area contributed by atoms with Crippen molar-refractivity contribution in [3.8, 4) is 5.75 Å². The van der Waals surface area contributed by atoms with Gasteiger partial charge in [0.15, 0.2) is 0 Å². The molecule has 4 aromatic rings. The summed E-state index contributed by atoms with van der Waals surface area (Å²) in [5.41, 5.74) is 3.25. The lowest BCUT2D eigenvalue weighted by molar-refractivity contribution is 0.304. The van der Waals surface area contributed by atoms with Crippen LogP contribution in [0.5, 0.6) is 5.75 Å². The average molecular weight is 453 g/mol. The molecule has 0 aliphatic rings. The average Bonchev–Trinajstić information content (AvgIpc) is 2.74. The van der Waals surface area contributed by atoms with E-state index in [1.807, 2.05) is 36.4 Å². The number of halogens is 2. The van der Waals surface area contributed by atoms with Crippen LogP contribution in [0.15, 0.2) is 89.4 Å². The van der Waals surface area contributed by atoms with Crippen LogP contribution in [-0.2, 0) is 13.2 Å². The van der Waals surface area contributed by atoms with Gasteiger partial charge in [0.05, 0.1) is 5.02 Å². The highest BCUT2D eigenvalue weighted by molar-refractivity contribution is 9.10. The van der Waals surface area contributed by atoms with Crippen LogP contribution in [0.1, 0.15) is 11.1 Å². The topological polar surface area (TPSA) is 21.3 Å². The van der Waals surface area contributed by atoms with E-state index >= 15 is 0 Å². The molecule has 4 rings (SSSR count). The van der Waals surface area contributed by atoms with Crippen molar-refractivity contribution in [2.45, 2.75) is 13.2 Å². The third kappa shape index (κ3) is 4.32. The SMILES string of the molecule is Clc1cc(NCc2c(OCc3ccccc3)ccc3ccccc23)ccc1Br. The van der Waals surface area contributed by atoms with Crippen LogP contribution in [0, 0.1) is 0 Å². The Morgan fingerprint density at radius 3 is 2.46 bits per heavy atom. The van der Waals surface area contributed by atoms with E-state index in [2.05, 4.69) is 69.8 Å². The third-order valence-electron chi connectivity index (χ3n) is 4.62. The van der Waals surface area contributed by atoms with Crippen molar-refractivity contribution in [1.82, 2.24) is 0 Å². The zero-order valence-corrected chi connectivity index (χ0v) is 17.5. The minimum Gasteiger partial charge on any atom is -0.489 e. The van der Waals surface area contributed by atoms with Gasteiger partial charge in [-0.3, -0.25) is 0 Å². The Balaban J connectivity index is 1.62. The highest BCUT2D eigenvalue weighted by Gasteiger charge is 2.10. The standard InChI is InChI=1S/C24H19BrClNO/c25-22-12-11-19(14-23(22)26)27-15-21-20-9-5-4-8-18(20)10-13-24(21)28-16-17-6-2-1-3-7-17/h1-14,27H,15-16H2. The number of hydrogen-bond acceptors (Lipinski definition) is 2. The van der Waals surface area contributed by atoms with Crippen molar-refractivity contribution in [3.63, 3.8) is 0 Å². The van der Waals surface area contributed by atoms with Crippen molar-refractivity contribution in [3.05, 3.63) is 106 Å². The Kier molecular flexibility index (Phi) is 5.84. The second-order valence-electron chi connectivity index (χ2n) is 6.52. The summed E-state index contributed by atoms with van der Waals surface area (Å²) in [6.45, 7) is 1.18. The van der Waals surface area contributed by atoms with E-state index in [1.54, 1.807) is 0 Å². The molecule has 0 saturated heterocycles. The number of ether oxygens (including phenoxy) is 1. The summed E-state index contributed by atoms with van der Waals surface area (Å²) in [5.74, 6) is 0.887. The maximum Gasteiger partial charge on any atom is 0.125 e. The lowest BCUT2D eigenvalue weighted by atomic mass is 10.0. The number of anilines is 1. The smallest absolute Gasteiger partial charge is 0.125 e. The Labute approximate surface area is 178 Å². The normalized spacial score (nSPS) is 10.8. The van der Waals surface area contributed by atoms with Crippen LogP contribution in [0.25, 0.3) is 10.8 Å². The first-order valence-corrected chi connectivity index (χ1v) is 10.2. The first-order chi connectivity index (χ1) is 13.7. The summed E-state index contributed by atoms with van der Waals surface area (Å²) >= 11 is 9.66. The maximum absolute atomic E-state index is 6.23. The lowest BCUT2D eigenvalue weighted by Gasteiger charge is -2.16. The molecule has 0 fully saturated rings. The molecule has 0 amide bonds. The van der Waals surface area contributed by atoms with Gasteiger partial charge in [-0.25, -0.2) is 0 Å². The Morgan fingerprint density at radius 1 is 0.857 bits per heavy atom. The van der Waals surface area contributed by atoms with Crippen molar-refractivity contribution in [2.24, 2.45) is 0 Å². The molecule has 0 aromatic heterocycles. The lowest BCUT2D eigenvalue weighted by Crippen LogP contribution is -2.04. The van der Waals surface area contributed by atoms with E-state index in [0.29, 0.717) is 18.2 Å². The van der Waals surface area contributed by atoms with Crippen molar-refractivity contribution >= 4 is 44.0 Å². The highest BCUT2D eigenvalue weighted by atomic mass is 79.9. The van der Waals surface area contributed by atoms with Crippen LogP contribution < -0.4 is 10.1 Å². The minimum atomic E-state index is 0.538. The number of rotatable bonds is 6. The summed E-state index contributed by atoms with van der Waals surface area (Å²) in [6.07, 6.45) is 0.